The summed E-state index contributed by atoms with van der Waals surface area (Å²) < 4.78 is 24.7. The maximum atomic E-state index is 12.9. The van der Waals surface area contributed by atoms with E-state index in [4.69, 9.17) is 15.1 Å². The molecule has 0 bridgehead atoms. The lowest BCUT2D eigenvalue weighted by Gasteiger charge is -2.35. The third-order valence-corrected chi connectivity index (χ3v) is 8.69. The molecule has 2 N–H and O–H groups in total. The van der Waals surface area contributed by atoms with E-state index in [1.165, 1.54) is 18.6 Å². The first-order valence-corrected chi connectivity index (χ1v) is 15.3. The predicted molar refractivity (Wildman–Crippen MR) is 157 cm³/mol. The summed E-state index contributed by atoms with van der Waals surface area (Å²) in [6.45, 7) is 7.76. The van der Waals surface area contributed by atoms with Crippen LogP contribution in [-0.2, 0) is 16.4 Å². The van der Waals surface area contributed by atoms with Gasteiger partial charge in [0.25, 0.3) is 5.91 Å². The van der Waals surface area contributed by atoms with Gasteiger partial charge in [0, 0.05) is 35.9 Å². The fourth-order valence-electron chi connectivity index (χ4n) is 5.32. The highest BCUT2D eigenvalue weighted by atomic mass is 32.2. The van der Waals surface area contributed by atoms with Crippen molar-refractivity contribution in [2.45, 2.75) is 38.8 Å². The average Bonchev–Trinajstić information content (AvgIpc) is 2.94. The number of piperidine rings is 1. The quantitative estimate of drug-likeness (QED) is 0.323. The number of carbonyl (C=O) groups excluding carboxylic acids is 1. The number of amides is 1. The largest absolute Gasteiger partial charge is 0.395 e. The number of hydrogen-bond acceptors (Lipinski definition) is 9. The predicted octanol–water partition coefficient (Wildman–Crippen LogP) is 3.57. The van der Waals surface area contributed by atoms with Crippen LogP contribution in [0.15, 0.2) is 59.8 Å². The molecule has 1 saturated heterocycles. The third-order valence-electron chi connectivity index (χ3n) is 7.12. The lowest BCUT2D eigenvalue weighted by atomic mass is 9.92. The van der Waals surface area contributed by atoms with E-state index in [9.17, 15) is 13.2 Å². The number of nitrogens with zero attached hydrogens (tertiary/aromatic N) is 5. The molecule has 5 heterocycles. The zero-order valence-corrected chi connectivity index (χ0v) is 24.2. The van der Waals surface area contributed by atoms with Crippen molar-refractivity contribution in [3.8, 4) is 11.4 Å². The van der Waals surface area contributed by atoms with Gasteiger partial charge in [0.1, 0.15) is 5.82 Å². The maximum Gasteiger partial charge on any atom is 0.251 e. The molecule has 0 spiro atoms. The Kier molecular flexibility index (Phi) is 8.27. The molecule has 1 amide bonds. The first-order chi connectivity index (χ1) is 19.6. The normalized spacial score (nSPS) is 17.5. The summed E-state index contributed by atoms with van der Waals surface area (Å²) in [4.78, 5) is 33.5. The van der Waals surface area contributed by atoms with Crippen molar-refractivity contribution < 1.29 is 18.3 Å². The van der Waals surface area contributed by atoms with E-state index in [0.29, 0.717) is 23.2 Å². The number of aromatic nitrogens is 4. The number of hydrogen-bond donors (Lipinski definition) is 2. The summed E-state index contributed by atoms with van der Waals surface area (Å²) in [7, 11) is -3.79. The summed E-state index contributed by atoms with van der Waals surface area (Å²) in [6, 6.07) is 14.5. The van der Waals surface area contributed by atoms with E-state index in [1.54, 1.807) is 13.1 Å². The van der Waals surface area contributed by atoms with Gasteiger partial charge in [-0.2, -0.15) is 0 Å². The Balaban J connectivity index is 1.33. The smallest absolute Gasteiger partial charge is 0.251 e. The lowest BCUT2D eigenvalue weighted by molar-refractivity contribution is 0.0950. The molecule has 214 valence electrons. The molecule has 1 aliphatic heterocycles. The van der Waals surface area contributed by atoms with Crippen molar-refractivity contribution in [3.05, 3.63) is 71.7 Å². The van der Waals surface area contributed by atoms with Crippen LogP contribution in [0.4, 0.5) is 5.82 Å². The van der Waals surface area contributed by atoms with Crippen LogP contribution >= 0.6 is 0 Å². The summed E-state index contributed by atoms with van der Waals surface area (Å²) in [5.41, 5.74) is 3.43. The van der Waals surface area contributed by atoms with Gasteiger partial charge >= 0.3 is 0 Å². The minimum Gasteiger partial charge on any atom is -0.395 e. The Bertz CT molecular complexity index is 1680. The fourth-order valence-corrected chi connectivity index (χ4v) is 6.35. The number of aliphatic hydroxyl groups is 1. The highest BCUT2D eigenvalue weighted by Gasteiger charge is 2.23. The zero-order valence-electron chi connectivity index (χ0n) is 23.4. The van der Waals surface area contributed by atoms with Crippen molar-refractivity contribution in [1.29, 1.82) is 0 Å². The molecule has 0 aromatic carbocycles. The van der Waals surface area contributed by atoms with Gasteiger partial charge < -0.3 is 15.3 Å². The topological polar surface area (TPSA) is 138 Å². The maximum absolute atomic E-state index is 12.9. The van der Waals surface area contributed by atoms with Crippen LogP contribution in [0.25, 0.3) is 22.3 Å². The second-order valence-corrected chi connectivity index (χ2v) is 12.9. The van der Waals surface area contributed by atoms with Gasteiger partial charge in [0.15, 0.2) is 14.9 Å². The van der Waals surface area contributed by atoms with E-state index in [0.717, 1.165) is 41.2 Å². The summed E-state index contributed by atoms with van der Waals surface area (Å²) >= 11 is 0. The van der Waals surface area contributed by atoms with E-state index >= 15 is 0 Å². The molecular formula is C30H34N6O4S. The molecule has 4 aromatic heterocycles. The zero-order chi connectivity index (χ0) is 29.1. The van der Waals surface area contributed by atoms with Gasteiger partial charge in [-0.25, -0.2) is 23.4 Å². The van der Waals surface area contributed by atoms with Crippen LogP contribution in [-0.4, -0.2) is 64.8 Å². The average molecular weight is 575 g/mol. The Morgan fingerprint density at radius 3 is 2.54 bits per heavy atom. The van der Waals surface area contributed by atoms with Crippen LogP contribution in [0.5, 0.6) is 0 Å². The molecule has 1 fully saturated rings. The van der Waals surface area contributed by atoms with E-state index in [1.807, 2.05) is 30.3 Å². The number of anilines is 1. The molecular weight excluding hydrogens is 540 g/mol. The van der Waals surface area contributed by atoms with Gasteiger partial charge in [-0.05, 0) is 67.6 Å². The third kappa shape index (κ3) is 6.68. The number of nitrogens with one attached hydrogen (secondary N) is 1. The second-order valence-electron chi connectivity index (χ2n) is 10.9. The monoisotopic (exact) mass is 574 g/mol. The minimum absolute atomic E-state index is 0.125. The van der Waals surface area contributed by atoms with E-state index in [-0.39, 0.29) is 17.1 Å². The molecule has 5 rings (SSSR count). The first kappa shape index (κ1) is 28.6. The number of pyridine rings is 4. The molecule has 0 aliphatic carbocycles. The number of aliphatic hydroxyl groups excluding tert-OH is 1. The Morgan fingerprint density at radius 1 is 1.02 bits per heavy atom. The number of rotatable bonds is 8. The van der Waals surface area contributed by atoms with Gasteiger partial charge in [0.05, 0.1) is 41.5 Å². The summed E-state index contributed by atoms with van der Waals surface area (Å²) in [5.74, 6) is 1.29. The van der Waals surface area contributed by atoms with E-state index < -0.39 is 28.1 Å². The molecule has 1 aliphatic rings. The van der Waals surface area contributed by atoms with Gasteiger partial charge in [-0.15, -0.1) is 0 Å². The number of fused-ring (bicyclic) bond motifs is 1. The number of aryl methyl sites for hydroxylation is 1. The van der Waals surface area contributed by atoms with Crippen LogP contribution in [0.3, 0.4) is 0 Å². The van der Waals surface area contributed by atoms with Gasteiger partial charge in [-0.3, -0.25) is 9.78 Å². The summed E-state index contributed by atoms with van der Waals surface area (Å²) in [6.07, 6.45) is 2.94. The van der Waals surface area contributed by atoms with Crippen LogP contribution < -0.4 is 10.2 Å². The Labute approximate surface area is 239 Å². The van der Waals surface area contributed by atoms with Crippen molar-refractivity contribution in [2.24, 2.45) is 11.8 Å². The standard InChI is InChI=1S/C30H34N6O4S/c1-19-11-20(2)18-36(17-19)28-6-4-5-25(35-28)26-8-7-22-15-31-24(14-27(22)34-26)16-32-30(38)23-12-21(3)33-29(13-23)41(39,40)10-9-37/h4-8,12-15,19-20,37H,9-11,16-18H2,1-3H3,(H,32,38)/t19-,20+. The lowest BCUT2D eigenvalue weighted by Crippen LogP contribution is -2.39. The molecule has 0 saturated carbocycles. The van der Waals surface area contributed by atoms with Crippen LogP contribution in [0.2, 0.25) is 0 Å². The highest BCUT2D eigenvalue weighted by Crippen LogP contribution is 2.27. The number of carbonyl (C=O) groups is 1. The van der Waals surface area contributed by atoms with Crippen molar-refractivity contribution >= 4 is 32.5 Å². The fraction of sp³-hybridized carbons (Fsp3) is 0.367. The van der Waals surface area contributed by atoms with Crippen molar-refractivity contribution in [3.63, 3.8) is 0 Å². The first-order valence-electron chi connectivity index (χ1n) is 13.7. The van der Waals surface area contributed by atoms with Crippen molar-refractivity contribution in [1.82, 2.24) is 25.3 Å². The molecule has 2 atom stereocenters. The molecule has 4 aromatic rings. The molecule has 0 unspecified atom stereocenters. The van der Waals surface area contributed by atoms with Crippen LogP contribution in [0.1, 0.15) is 42.0 Å². The van der Waals surface area contributed by atoms with E-state index in [2.05, 4.69) is 40.1 Å². The Hall–Kier alpha value is -3.96. The highest BCUT2D eigenvalue weighted by molar-refractivity contribution is 7.91. The number of sulfone groups is 1. The molecule has 11 heteroatoms. The molecule has 10 nitrogen and oxygen atoms in total. The van der Waals surface area contributed by atoms with Gasteiger partial charge in [0.2, 0.25) is 0 Å². The van der Waals surface area contributed by atoms with Crippen LogP contribution in [0, 0.1) is 18.8 Å². The summed E-state index contributed by atoms with van der Waals surface area (Å²) in [5, 5.41) is 12.5. The van der Waals surface area contributed by atoms with Crippen molar-refractivity contribution in [2.75, 3.05) is 30.3 Å². The Morgan fingerprint density at radius 2 is 1.78 bits per heavy atom. The van der Waals surface area contributed by atoms with Gasteiger partial charge in [-0.1, -0.05) is 19.9 Å². The second kappa shape index (κ2) is 11.9. The molecule has 41 heavy (non-hydrogen) atoms. The SMILES string of the molecule is Cc1cc(C(=O)NCc2cc3nc(-c4cccc(N5C[C@H](C)C[C@H](C)C5)n4)ccc3cn2)cc(S(=O)(=O)CCO)n1. The molecule has 0 radical (unpaired) electrons. The minimum atomic E-state index is -3.79.